The Bertz CT molecular complexity index is 1200. The van der Waals surface area contributed by atoms with E-state index >= 15 is 0 Å². The third kappa shape index (κ3) is 4.33. The van der Waals surface area contributed by atoms with Crippen molar-refractivity contribution in [2.45, 2.75) is 5.16 Å². The van der Waals surface area contributed by atoms with Gasteiger partial charge >= 0.3 is 0 Å². The van der Waals surface area contributed by atoms with Gasteiger partial charge in [-0.1, -0.05) is 53.7 Å². The molecule has 2 aromatic carbocycles. The van der Waals surface area contributed by atoms with Crippen LogP contribution in [0.25, 0.3) is 22.3 Å². The van der Waals surface area contributed by atoms with E-state index in [-0.39, 0.29) is 11.7 Å². The lowest BCUT2D eigenvalue weighted by Crippen LogP contribution is -2.19. The number of hydrogen-bond acceptors (Lipinski definition) is 5. The SMILES string of the molecule is Cn1c(SCC(=O)N/N=C/c2c[nH]c3ccccc23)nnc1-c1cccc(Cl)c1. The maximum atomic E-state index is 12.1. The molecule has 0 radical (unpaired) electrons. The number of para-hydroxylation sites is 1. The Kier molecular flexibility index (Phi) is 5.64. The van der Waals surface area contributed by atoms with Crippen molar-refractivity contribution in [1.29, 1.82) is 0 Å². The Morgan fingerprint density at radius 3 is 3.00 bits per heavy atom. The minimum atomic E-state index is -0.224. The van der Waals surface area contributed by atoms with Crippen LogP contribution in [0.15, 0.2) is 65.0 Å². The van der Waals surface area contributed by atoms with E-state index in [1.807, 2.05) is 60.3 Å². The van der Waals surface area contributed by atoms with E-state index in [0.717, 1.165) is 22.0 Å². The topological polar surface area (TPSA) is 88.0 Å². The lowest BCUT2D eigenvalue weighted by atomic mass is 10.2. The Morgan fingerprint density at radius 1 is 1.28 bits per heavy atom. The molecule has 2 heterocycles. The molecule has 0 aliphatic carbocycles. The van der Waals surface area contributed by atoms with Gasteiger partial charge in [0.2, 0.25) is 0 Å². The van der Waals surface area contributed by atoms with E-state index in [0.29, 0.717) is 16.0 Å². The van der Waals surface area contributed by atoms with Crippen molar-refractivity contribution in [2.24, 2.45) is 12.1 Å². The van der Waals surface area contributed by atoms with Gasteiger partial charge in [0.25, 0.3) is 5.91 Å². The van der Waals surface area contributed by atoms with Crippen LogP contribution in [0.1, 0.15) is 5.56 Å². The van der Waals surface area contributed by atoms with Gasteiger partial charge in [-0.2, -0.15) is 5.10 Å². The fourth-order valence-corrected chi connectivity index (χ4v) is 3.75. The van der Waals surface area contributed by atoms with E-state index in [4.69, 9.17) is 11.6 Å². The molecule has 0 bridgehead atoms. The predicted molar refractivity (Wildman–Crippen MR) is 116 cm³/mol. The molecule has 2 aromatic heterocycles. The average molecular weight is 425 g/mol. The lowest BCUT2D eigenvalue weighted by Gasteiger charge is -2.04. The summed E-state index contributed by atoms with van der Waals surface area (Å²) in [6.45, 7) is 0. The number of H-pyrrole nitrogens is 1. The van der Waals surface area contributed by atoms with Crippen LogP contribution in [0.3, 0.4) is 0 Å². The Morgan fingerprint density at radius 2 is 2.14 bits per heavy atom. The largest absolute Gasteiger partial charge is 0.361 e. The second-order valence-electron chi connectivity index (χ2n) is 6.25. The highest BCUT2D eigenvalue weighted by atomic mass is 35.5. The molecule has 0 aliphatic heterocycles. The Hall–Kier alpha value is -3.10. The normalized spacial score (nSPS) is 11.4. The zero-order valence-electron chi connectivity index (χ0n) is 15.5. The van der Waals surface area contributed by atoms with Crippen LogP contribution in [0.5, 0.6) is 0 Å². The molecule has 9 heteroatoms. The minimum Gasteiger partial charge on any atom is -0.361 e. The number of nitrogens with zero attached hydrogens (tertiary/aromatic N) is 4. The predicted octanol–water partition coefficient (Wildman–Crippen LogP) is 3.86. The number of benzene rings is 2. The van der Waals surface area contributed by atoms with E-state index in [9.17, 15) is 4.79 Å². The molecule has 0 aliphatic rings. The molecular formula is C20H17ClN6OS. The first-order valence-electron chi connectivity index (χ1n) is 8.78. The van der Waals surface area contributed by atoms with E-state index in [2.05, 4.69) is 25.7 Å². The molecule has 4 rings (SSSR count). The van der Waals surface area contributed by atoms with Crippen molar-refractivity contribution in [3.05, 3.63) is 65.3 Å². The Balaban J connectivity index is 1.35. The molecule has 146 valence electrons. The summed E-state index contributed by atoms with van der Waals surface area (Å²) >= 11 is 7.33. The molecule has 4 aromatic rings. The summed E-state index contributed by atoms with van der Waals surface area (Å²) in [5.74, 6) is 0.637. The number of carbonyl (C=O) groups is 1. The van der Waals surface area contributed by atoms with Crippen LogP contribution in [0, 0.1) is 0 Å². The number of hydrazone groups is 1. The summed E-state index contributed by atoms with van der Waals surface area (Å²) in [5, 5.41) is 14.7. The second kappa shape index (κ2) is 8.50. The number of carbonyl (C=O) groups excluding carboxylic acids is 1. The molecule has 0 spiro atoms. The first kappa shape index (κ1) is 19.2. The number of rotatable bonds is 6. The highest BCUT2D eigenvalue weighted by Gasteiger charge is 2.13. The van der Waals surface area contributed by atoms with Gasteiger partial charge in [0.15, 0.2) is 11.0 Å². The fraction of sp³-hybridized carbons (Fsp3) is 0.100. The van der Waals surface area contributed by atoms with Crippen molar-refractivity contribution < 1.29 is 4.79 Å². The van der Waals surface area contributed by atoms with Crippen LogP contribution in [0.2, 0.25) is 5.02 Å². The van der Waals surface area contributed by atoms with Gasteiger partial charge in [0.1, 0.15) is 0 Å². The first-order valence-corrected chi connectivity index (χ1v) is 10.1. The summed E-state index contributed by atoms with van der Waals surface area (Å²) in [7, 11) is 1.85. The highest BCUT2D eigenvalue weighted by Crippen LogP contribution is 2.24. The summed E-state index contributed by atoms with van der Waals surface area (Å²) in [6, 6.07) is 15.3. The van der Waals surface area contributed by atoms with Crippen LogP contribution >= 0.6 is 23.4 Å². The molecule has 29 heavy (non-hydrogen) atoms. The van der Waals surface area contributed by atoms with E-state index in [1.165, 1.54) is 11.8 Å². The molecule has 0 fully saturated rings. The number of amides is 1. The number of aromatic amines is 1. The van der Waals surface area contributed by atoms with Crippen molar-refractivity contribution in [2.75, 3.05) is 5.75 Å². The number of thioether (sulfide) groups is 1. The zero-order chi connectivity index (χ0) is 20.2. The van der Waals surface area contributed by atoms with Crippen LogP contribution in [0.4, 0.5) is 0 Å². The quantitative estimate of drug-likeness (QED) is 0.279. The van der Waals surface area contributed by atoms with Crippen LogP contribution < -0.4 is 5.43 Å². The third-order valence-electron chi connectivity index (χ3n) is 4.26. The molecule has 0 saturated heterocycles. The smallest absolute Gasteiger partial charge is 0.250 e. The summed E-state index contributed by atoms with van der Waals surface area (Å²) in [6.07, 6.45) is 3.48. The third-order valence-corrected chi connectivity index (χ3v) is 5.52. The molecule has 2 N–H and O–H groups in total. The Labute approximate surface area is 176 Å². The van der Waals surface area contributed by atoms with Gasteiger partial charge in [-0.05, 0) is 18.2 Å². The number of fused-ring (bicyclic) bond motifs is 1. The summed E-state index contributed by atoms with van der Waals surface area (Å²) < 4.78 is 1.83. The number of aromatic nitrogens is 4. The van der Waals surface area contributed by atoms with Crippen molar-refractivity contribution in [1.82, 2.24) is 25.2 Å². The molecule has 1 amide bonds. The van der Waals surface area contributed by atoms with Gasteiger partial charge in [0.05, 0.1) is 12.0 Å². The maximum Gasteiger partial charge on any atom is 0.250 e. The first-order chi connectivity index (χ1) is 14.1. The molecular weight excluding hydrogens is 408 g/mol. The van der Waals surface area contributed by atoms with Gasteiger partial charge in [-0.25, -0.2) is 5.43 Å². The summed E-state index contributed by atoms with van der Waals surface area (Å²) in [4.78, 5) is 15.3. The van der Waals surface area contributed by atoms with Gasteiger partial charge in [0, 0.05) is 40.3 Å². The minimum absolute atomic E-state index is 0.173. The second-order valence-corrected chi connectivity index (χ2v) is 7.63. The van der Waals surface area contributed by atoms with E-state index in [1.54, 1.807) is 12.3 Å². The van der Waals surface area contributed by atoms with Crippen LogP contribution in [-0.4, -0.2) is 37.6 Å². The molecule has 0 atom stereocenters. The standard InChI is InChI=1S/C20H17ClN6OS/c1-27-19(13-5-4-6-15(21)9-13)25-26-20(27)29-12-18(28)24-23-11-14-10-22-17-8-3-2-7-16(14)17/h2-11,22H,12H2,1H3,(H,24,28)/b23-11+. The number of nitrogens with one attached hydrogen (secondary N) is 2. The van der Waals surface area contributed by atoms with Gasteiger partial charge < -0.3 is 9.55 Å². The zero-order valence-corrected chi connectivity index (χ0v) is 17.0. The average Bonchev–Trinajstić information content (AvgIpc) is 3.30. The van der Waals surface area contributed by atoms with Crippen molar-refractivity contribution in [3.8, 4) is 11.4 Å². The van der Waals surface area contributed by atoms with Gasteiger partial charge in [-0.15, -0.1) is 10.2 Å². The molecule has 0 unspecified atom stereocenters. The van der Waals surface area contributed by atoms with Crippen LogP contribution in [-0.2, 0) is 11.8 Å². The van der Waals surface area contributed by atoms with E-state index < -0.39 is 0 Å². The molecule has 7 nitrogen and oxygen atoms in total. The number of hydrogen-bond donors (Lipinski definition) is 2. The molecule has 0 saturated carbocycles. The fourth-order valence-electron chi connectivity index (χ4n) is 2.86. The van der Waals surface area contributed by atoms with Crippen molar-refractivity contribution in [3.63, 3.8) is 0 Å². The lowest BCUT2D eigenvalue weighted by molar-refractivity contribution is -0.118. The highest BCUT2D eigenvalue weighted by molar-refractivity contribution is 7.99. The number of halogens is 1. The van der Waals surface area contributed by atoms with Crippen molar-refractivity contribution >= 4 is 46.4 Å². The summed E-state index contributed by atoms with van der Waals surface area (Å²) in [5.41, 5.74) is 5.34. The monoisotopic (exact) mass is 424 g/mol. The maximum absolute atomic E-state index is 12.1. The van der Waals surface area contributed by atoms with Gasteiger partial charge in [-0.3, -0.25) is 4.79 Å².